The molecule has 0 saturated heterocycles. The molecule has 0 bridgehead atoms. The molecule has 0 N–H and O–H groups in total. The van der Waals surface area contributed by atoms with Gasteiger partial charge in [0, 0.05) is 0 Å². The average molecular weight is 284 g/mol. The van der Waals surface area contributed by atoms with Gasteiger partial charge >= 0.3 is 0 Å². The molecule has 0 aliphatic carbocycles. The van der Waals surface area contributed by atoms with E-state index in [1.807, 2.05) is 26.0 Å². The monoisotopic (exact) mass is 283 g/mol. The molecule has 0 aliphatic heterocycles. The molecule has 0 aromatic heterocycles. The van der Waals surface area contributed by atoms with E-state index in [0.29, 0.717) is 17.9 Å². The van der Waals surface area contributed by atoms with Crippen molar-refractivity contribution in [3.8, 4) is 17.6 Å². The summed E-state index contributed by atoms with van der Waals surface area (Å²) in [6.45, 7) is 3.89. The minimum atomic E-state index is 0.0579. The van der Waals surface area contributed by atoms with Crippen LogP contribution in [-0.2, 0) is 6.42 Å². The van der Waals surface area contributed by atoms with Crippen molar-refractivity contribution in [3.63, 3.8) is 0 Å². The summed E-state index contributed by atoms with van der Waals surface area (Å²) in [7, 11) is 1.60. The van der Waals surface area contributed by atoms with Crippen molar-refractivity contribution in [2.75, 3.05) is 7.11 Å². The van der Waals surface area contributed by atoms with E-state index in [1.165, 1.54) is 0 Å². The van der Waals surface area contributed by atoms with Gasteiger partial charge in [-0.25, -0.2) is 0 Å². The number of hydrogen-bond donors (Lipinski definition) is 0. The highest BCUT2D eigenvalue weighted by Gasteiger charge is 2.14. The zero-order valence-electron chi connectivity index (χ0n) is 9.58. The van der Waals surface area contributed by atoms with E-state index in [-0.39, 0.29) is 6.10 Å². The zero-order valence-corrected chi connectivity index (χ0v) is 11.2. The van der Waals surface area contributed by atoms with Crippen LogP contribution < -0.4 is 9.47 Å². The SMILES string of the molecule is COc1ccc(CC#N)c(Br)c1OC(C)C. The van der Waals surface area contributed by atoms with Crippen LogP contribution in [0.15, 0.2) is 16.6 Å². The standard InChI is InChI=1S/C12H14BrNO2/c1-8(2)16-12-10(15-3)5-4-9(6-7-14)11(12)13/h4-5,8H,6H2,1-3H3. The lowest BCUT2D eigenvalue weighted by molar-refractivity contribution is 0.228. The smallest absolute Gasteiger partial charge is 0.175 e. The number of benzene rings is 1. The van der Waals surface area contributed by atoms with Gasteiger partial charge in [-0.15, -0.1) is 0 Å². The van der Waals surface area contributed by atoms with Gasteiger partial charge in [0.1, 0.15) is 0 Å². The van der Waals surface area contributed by atoms with Crippen molar-refractivity contribution in [1.82, 2.24) is 0 Å². The number of ether oxygens (including phenoxy) is 2. The van der Waals surface area contributed by atoms with Gasteiger partial charge in [0.25, 0.3) is 0 Å². The number of methoxy groups -OCH3 is 1. The Hall–Kier alpha value is -1.21. The Labute approximate surface area is 104 Å². The van der Waals surface area contributed by atoms with Gasteiger partial charge in [-0.1, -0.05) is 6.07 Å². The molecule has 0 radical (unpaired) electrons. The van der Waals surface area contributed by atoms with Crippen LogP contribution in [0.2, 0.25) is 0 Å². The second kappa shape index (κ2) is 5.76. The maximum atomic E-state index is 8.70. The van der Waals surface area contributed by atoms with E-state index in [1.54, 1.807) is 7.11 Å². The lowest BCUT2D eigenvalue weighted by Gasteiger charge is -2.16. The van der Waals surface area contributed by atoms with Crippen LogP contribution in [0, 0.1) is 11.3 Å². The molecule has 0 saturated carbocycles. The van der Waals surface area contributed by atoms with Crippen molar-refractivity contribution in [1.29, 1.82) is 5.26 Å². The van der Waals surface area contributed by atoms with E-state index >= 15 is 0 Å². The van der Waals surface area contributed by atoms with E-state index < -0.39 is 0 Å². The first-order chi connectivity index (χ1) is 7.60. The van der Waals surface area contributed by atoms with Gasteiger partial charge in [-0.2, -0.15) is 5.26 Å². The van der Waals surface area contributed by atoms with Crippen LogP contribution >= 0.6 is 15.9 Å². The largest absolute Gasteiger partial charge is 0.493 e. The Kier molecular flexibility index (Phi) is 4.63. The third kappa shape index (κ3) is 2.89. The van der Waals surface area contributed by atoms with Gasteiger partial charge < -0.3 is 9.47 Å². The first kappa shape index (κ1) is 12.9. The molecule has 0 atom stereocenters. The lowest BCUT2D eigenvalue weighted by Crippen LogP contribution is -2.08. The molecule has 1 aromatic carbocycles. The molecule has 86 valence electrons. The molecule has 3 nitrogen and oxygen atoms in total. The molecule has 0 aliphatic rings. The van der Waals surface area contributed by atoms with Crippen LogP contribution in [0.25, 0.3) is 0 Å². The summed E-state index contributed by atoms with van der Waals surface area (Å²) in [5, 5.41) is 8.70. The first-order valence-corrected chi connectivity index (χ1v) is 5.78. The summed E-state index contributed by atoms with van der Waals surface area (Å²) < 4.78 is 11.7. The van der Waals surface area contributed by atoms with Crippen molar-refractivity contribution < 1.29 is 9.47 Å². The number of nitriles is 1. The minimum Gasteiger partial charge on any atom is -0.493 e. The van der Waals surface area contributed by atoms with Crippen molar-refractivity contribution >= 4 is 15.9 Å². The fraction of sp³-hybridized carbons (Fsp3) is 0.417. The van der Waals surface area contributed by atoms with E-state index in [9.17, 15) is 0 Å². The highest BCUT2D eigenvalue weighted by atomic mass is 79.9. The van der Waals surface area contributed by atoms with Gasteiger partial charge in [-0.05, 0) is 41.4 Å². The third-order valence-electron chi connectivity index (χ3n) is 1.98. The highest BCUT2D eigenvalue weighted by molar-refractivity contribution is 9.10. The molecule has 0 amide bonds. The summed E-state index contributed by atoms with van der Waals surface area (Å²) in [6, 6.07) is 5.79. The van der Waals surface area contributed by atoms with Crippen LogP contribution in [-0.4, -0.2) is 13.2 Å². The molecule has 0 unspecified atom stereocenters. The summed E-state index contributed by atoms with van der Waals surface area (Å²) >= 11 is 3.45. The van der Waals surface area contributed by atoms with Crippen molar-refractivity contribution in [2.45, 2.75) is 26.4 Å². The Balaban J connectivity index is 3.18. The highest BCUT2D eigenvalue weighted by Crippen LogP contribution is 2.38. The Bertz CT molecular complexity index is 410. The predicted octanol–water partition coefficient (Wildman–Crippen LogP) is 3.31. The zero-order chi connectivity index (χ0) is 12.1. The molecule has 0 fully saturated rings. The normalized spacial score (nSPS) is 10.0. The number of rotatable bonds is 4. The molecule has 0 spiro atoms. The van der Waals surface area contributed by atoms with Gasteiger partial charge in [0.15, 0.2) is 11.5 Å². The van der Waals surface area contributed by atoms with Crippen molar-refractivity contribution in [2.24, 2.45) is 0 Å². The Morgan fingerprint density at radius 2 is 2.12 bits per heavy atom. The molecule has 1 aromatic rings. The summed E-state index contributed by atoms with van der Waals surface area (Å²) in [5.41, 5.74) is 0.902. The third-order valence-corrected chi connectivity index (χ3v) is 2.85. The molecule has 1 rings (SSSR count). The summed E-state index contributed by atoms with van der Waals surface area (Å²) in [5.74, 6) is 1.33. The van der Waals surface area contributed by atoms with Crippen LogP contribution in [0.4, 0.5) is 0 Å². The van der Waals surface area contributed by atoms with Gasteiger partial charge in [0.05, 0.1) is 30.2 Å². The molecule has 4 heteroatoms. The lowest BCUT2D eigenvalue weighted by atomic mass is 10.1. The Morgan fingerprint density at radius 1 is 1.44 bits per heavy atom. The predicted molar refractivity (Wildman–Crippen MR) is 65.8 cm³/mol. The fourth-order valence-corrected chi connectivity index (χ4v) is 1.87. The average Bonchev–Trinajstić information content (AvgIpc) is 2.24. The first-order valence-electron chi connectivity index (χ1n) is 4.99. The summed E-state index contributed by atoms with van der Waals surface area (Å²) in [4.78, 5) is 0. The number of nitrogens with zero attached hydrogens (tertiary/aromatic N) is 1. The van der Waals surface area contributed by atoms with E-state index in [0.717, 1.165) is 10.0 Å². The Morgan fingerprint density at radius 3 is 2.62 bits per heavy atom. The topological polar surface area (TPSA) is 42.2 Å². The summed E-state index contributed by atoms with van der Waals surface area (Å²) in [6.07, 6.45) is 0.404. The molecular weight excluding hydrogens is 270 g/mol. The van der Waals surface area contributed by atoms with E-state index in [4.69, 9.17) is 14.7 Å². The van der Waals surface area contributed by atoms with Crippen LogP contribution in [0.3, 0.4) is 0 Å². The van der Waals surface area contributed by atoms with E-state index in [2.05, 4.69) is 22.0 Å². The fourth-order valence-electron chi connectivity index (χ4n) is 1.31. The second-order valence-corrected chi connectivity index (χ2v) is 4.36. The minimum absolute atomic E-state index is 0.0579. The maximum absolute atomic E-state index is 8.70. The van der Waals surface area contributed by atoms with Gasteiger partial charge in [0.2, 0.25) is 0 Å². The molecule has 16 heavy (non-hydrogen) atoms. The van der Waals surface area contributed by atoms with Gasteiger partial charge in [-0.3, -0.25) is 0 Å². The maximum Gasteiger partial charge on any atom is 0.175 e. The molecular formula is C12H14BrNO2. The second-order valence-electron chi connectivity index (χ2n) is 3.57. The van der Waals surface area contributed by atoms with Crippen LogP contribution in [0.5, 0.6) is 11.5 Å². The van der Waals surface area contributed by atoms with Crippen LogP contribution in [0.1, 0.15) is 19.4 Å². The number of halogens is 1. The van der Waals surface area contributed by atoms with Crippen molar-refractivity contribution in [3.05, 3.63) is 22.2 Å². The quantitative estimate of drug-likeness (QED) is 0.851. The molecule has 0 heterocycles. The number of hydrogen-bond acceptors (Lipinski definition) is 3.